The van der Waals surface area contributed by atoms with Crippen LogP contribution in [0.3, 0.4) is 0 Å². The maximum Gasteiger partial charge on any atom is 0.0914 e. The monoisotopic (exact) mass is 307 g/mol. The molecule has 20 heavy (non-hydrogen) atoms. The third kappa shape index (κ3) is 3.37. The van der Waals surface area contributed by atoms with Gasteiger partial charge in [-0.15, -0.1) is 11.3 Å². The lowest BCUT2D eigenvalue weighted by atomic mass is 9.96. The topological polar surface area (TPSA) is 29.1 Å². The highest BCUT2D eigenvalue weighted by Gasteiger charge is 2.31. The van der Waals surface area contributed by atoms with Crippen molar-refractivity contribution in [1.82, 2.24) is 5.32 Å². The summed E-state index contributed by atoms with van der Waals surface area (Å²) in [5.74, 6) is 0.329. The number of thiophene rings is 1. The van der Waals surface area contributed by atoms with Crippen molar-refractivity contribution in [2.45, 2.75) is 29.3 Å². The highest BCUT2D eigenvalue weighted by Crippen LogP contribution is 2.30. The Morgan fingerprint density at radius 3 is 2.30 bits per heavy atom. The summed E-state index contributed by atoms with van der Waals surface area (Å²) in [7, 11) is 0.949. The average molecular weight is 307 g/mol. The average Bonchev–Trinajstić information content (AvgIpc) is 2.98. The quantitative estimate of drug-likeness (QED) is 0.878. The Hall–Kier alpha value is -0.970. The van der Waals surface area contributed by atoms with Gasteiger partial charge in [-0.05, 0) is 30.0 Å². The van der Waals surface area contributed by atoms with Crippen LogP contribution < -0.4 is 5.32 Å². The molecule has 1 aromatic heterocycles. The van der Waals surface area contributed by atoms with Crippen LogP contribution in [-0.2, 0) is 10.8 Å². The highest BCUT2D eigenvalue weighted by molar-refractivity contribution is 7.88. The van der Waals surface area contributed by atoms with Crippen molar-refractivity contribution in [2.75, 3.05) is 7.05 Å². The zero-order valence-corrected chi connectivity index (χ0v) is 13.7. The van der Waals surface area contributed by atoms with E-state index in [4.69, 9.17) is 0 Å². The van der Waals surface area contributed by atoms with Crippen LogP contribution in [-0.4, -0.2) is 16.5 Å². The van der Waals surface area contributed by atoms with Gasteiger partial charge in [0.05, 0.1) is 20.3 Å². The molecule has 2 rings (SSSR count). The Morgan fingerprint density at radius 2 is 1.80 bits per heavy atom. The van der Waals surface area contributed by atoms with E-state index in [-0.39, 0.29) is 11.3 Å². The van der Waals surface area contributed by atoms with Crippen LogP contribution in [0.15, 0.2) is 52.1 Å². The number of nitrogens with one attached hydrogen (secondary N) is 1. The zero-order chi connectivity index (χ0) is 14.5. The van der Waals surface area contributed by atoms with Gasteiger partial charge in [-0.3, -0.25) is 4.21 Å². The highest BCUT2D eigenvalue weighted by atomic mass is 32.2. The minimum atomic E-state index is -0.995. The Labute approximate surface area is 127 Å². The van der Waals surface area contributed by atoms with E-state index in [2.05, 4.69) is 31.3 Å². The molecular formula is C16H21NOS2. The molecule has 2 aromatic rings. The molecule has 4 heteroatoms. The molecule has 1 aromatic carbocycles. The standard InChI is InChI=1S/C16H21NOS2/c1-12(2)16(20(18)14-10-7-11-19-14)15(17-3)13-8-5-4-6-9-13/h4-12,15-17H,1-3H3. The van der Waals surface area contributed by atoms with E-state index in [1.807, 2.05) is 42.8 Å². The lowest BCUT2D eigenvalue weighted by molar-refractivity contribution is 0.461. The predicted octanol–water partition coefficient (Wildman–Crippen LogP) is 3.84. The van der Waals surface area contributed by atoms with Crippen molar-refractivity contribution < 1.29 is 4.21 Å². The van der Waals surface area contributed by atoms with E-state index in [1.165, 1.54) is 5.56 Å². The molecule has 1 heterocycles. The smallest absolute Gasteiger partial charge is 0.0914 e. The first-order valence-electron chi connectivity index (χ1n) is 6.81. The summed E-state index contributed by atoms with van der Waals surface area (Å²) in [6.45, 7) is 4.28. The fourth-order valence-corrected chi connectivity index (χ4v) is 5.29. The summed E-state index contributed by atoms with van der Waals surface area (Å²) in [5.41, 5.74) is 1.19. The van der Waals surface area contributed by atoms with Gasteiger partial charge in [0.1, 0.15) is 0 Å². The summed E-state index contributed by atoms with van der Waals surface area (Å²) >= 11 is 1.57. The Kier molecular flexibility index (Phi) is 5.52. The Balaban J connectivity index is 2.34. The largest absolute Gasteiger partial charge is 0.312 e. The van der Waals surface area contributed by atoms with Crippen LogP contribution in [0.1, 0.15) is 25.5 Å². The maximum absolute atomic E-state index is 12.9. The van der Waals surface area contributed by atoms with E-state index in [9.17, 15) is 4.21 Å². The second-order valence-corrected chi connectivity index (χ2v) is 7.90. The molecule has 0 aliphatic rings. The normalized spacial score (nSPS) is 16.0. The first-order valence-corrected chi connectivity index (χ1v) is 8.90. The van der Waals surface area contributed by atoms with Gasteiger partial charge in [0.15, 0.2) is 0 Å². The van der Waals surface area contributed by atoms with Gasteiger partial charge in [-0.1, -0.05) is 50.2 Å². The number of hydrogen-bond donors (Lipinski definition) is 1. The second-order valence-electron chi connectivity index (χ2n) is 5.12. The van der Waals surface area contributed by atoms with Crippen molar-refractivity contribution in [3.05, 3.63) is 53.4 Å². The first kappa shape index (κ1) is 15.4. The second kappa shape index (κ2) is 7.16. The van der Waals surface area contributed by atoms with Gasteiger partial charge in [0.25, 0.3) is 0 Å². The number of hydrogen-bond acceptors (Lipinski definition) is 3. The van der Waals surface area contributed by atoms with E-state index >= 15 is 0 Å². The SMILES string of the molecule is CNC(c1ccccc1)C(C(C)C)S(=O)c1cccs1. The van der Waals surface area contributed by atoms with Crippen molar-refractivity contribution in [1.29, 1.82) is 0 Å². The molecule has 0 bridgehead atoms. The number of rotatable bonds is 6. The molecule has 108 valence electrons. The van der Waals surface area contributed by atoms with Gasteiger partial charge in [0, 0.05) is 6.04 Å². The molecule has 0 amide bonds. The summed E-state index contributed by atoms with van der Waals surface area (Å²) < 4.78 is 13.9. The van der Waals surface area contributed by atoms with Gasteiger partial charge >= 0.3 is 0 Å². The van der Waals surface area contributed by atoms with Crippen LogP contribution >= 0.6 is 11.3 Å². The molecule has 2 nitrogen and oxygen atoms in total. The van der Waals surface area contributed by atoms with Gasteiger partial charge in [-0.25, -0.2) is 0 Å². The van der Waals surface area contributed by atoms with Crippen molar-refractivity contribution >= 4 is 22.1 Å². The summed E-state index contributed by atoms with van der Waals surface area (Å²) in [6, 6.07) is 14.3. The molecule has 3 atom stereocenters. The van der Waals surface area contributed by atoms with Crippen LogP contribution in [0.25, 0.3) is 0 Å². The Morgan fingerprint density at radius 1 is 1.10 bits per heavy atom. The minimum Gasteiger partial charge on any atom is -0.312 e. The fraction of sp³-hybridized carbons (Fsp3) is 0.375. The molecule has 0 saturated heterocycles. The predicted molar refractivity (Wildman–Crippen MR) is 87.6 cm³/mol. The van der Waals surface area contributed by atoms with Crippen molar-refractivity contribution in [3.8, 4) is 0 Å². The fourth-order valence-electron chi connectivity index (χ4n) is 2.45. The Bertz CT molecular complexity index is 537. The molecule has 0 radical (unpaired) electrons. The first-order chi connectivity index (χ1) is 9.65. The van der Waals surface area contributed by atoms with Gasteiger partial charge < -0.3 is 5.32 Å². The van der Waals surface area contributed by atoms with Crippen LogP contribution in [0.2, 0.25) is 0 Å². The minimum absolute atomic E-state index is 0.0565. The van der Waals surface area contributed by atoms with Crippen molar-refractivity contribution in [3.63, 3.8) is 0 Å². The summed E-state index contributed by atoms with van der Waals surface area (Å²) in [5, 5.41) is 5.40. The number of benzene rings is 1. The van der Waals surface area contributed by atoms with E-state index in [1.54, 1.807) is 11.3 Å². The molecule has 0 aliphatic heterocycles. The molecule has 3 unspecified atom stereocenters. The van der Waals surface area contributed by atoms with Gasteiger partial charge in [-0.2, -0.15) is 0 Å². The zero-order valence-electron chi connectivity index (χ0n) is 12.1. The van der Waals surface area contributed by atoms with E-state index < -0.39 is 10.8 Å². The molecule has 0 aliphatic carbocycles. The van der Waals surface area contributed by atoms with Crippen molar-refractivity contribution in [2.24, 2.45) is 5.92 Å². The molecule has 1 N–H and O–H groups in total. The summed E-state index contributed by atoms with van der Waals surface area (Å²) in [4.78, 5) is 0. The lowest BCUT2D eigenvalue weighted by Crippen LogP contribution is -2.36. The molecule has 0 spiro atoms. The molecular weight excluding hydrogens is 286 g/mol. The summed E-state index contributed by atoms with van der Waals surface area (Å²) in [6.07, 6.45) is 0. The van der Waals surface area contributed by atoms with Crippen LogP contribution in [0.5, 0.6) is 0 Å². The maximum atomic E-state index is 12.9. The molecule has 0 fully saturated rings. The van der Waals surface area contributed by atoms with Crippen LogP contribution in [0, 0.1) is 5.92 Å². The third-order valence-corrected chi connectivity index (χ3v) is 6.68. The lowest BCUT2D eigenvalue weighted by Gasteiger charge is -2.29. The third-order valence-electron chi connectivity index (χ3n) is 3.40. The van der Waals surface area contributed by atoms with E-state index in [0.29, 0.717) is 5.92 Å². The van der Waals surface area contributed by atoms with Gasteiger partial charge in [0.2, 0.25) is 0 Å². The van der Waals surface area contributed by atoms with E-state index in [0.717, 1.165) is 4.21 Å². The molecule has 0 saturated carbocycles. The van der Waals surface area contributed by atoms with Crippen LogP contribution in [0.4, 0.5) is 0 Å².